The first-order valence-electron chi connectivity index (χ1n) is 8.42. The number of nitrogens with two attached hydrogens (primary N) is 1. The molecule has 0 aliphatic rings. The highest BCUT2D eigenvalue weighted by Crippen LogP contribution is 2.19. The van der Waals surface area contributed by atoms with Crippen LogP contribution >= 0.6 is 12.4 Å². The smallest absolute Gasteiger partial charge is 0.253 e. The number of halogens is 1. The highest BCUT2D eigenvalue weighted by atomic mass is 35.5. The monoisotopic (exact) mass is 411 g/mol. The molecule has 6 nitrogen and oxygen atoms in total. The van der Waals surface area contributed by atoms with Crippen molar-refractivity contribution in [2.24, 2.45) is 5.73 Å². The van der Waals surface area contributed by atoms with Gasteiger partial charge in [-0.25, -0.2) is 8.42 Å². The Morgan fingerprint density at radius 3 is 2.37 bits per heavy atom. The zero-order chi connectivity index (χ0) is 19.2. The molecule has 2 rings (SSSR count). The van der Waals surface area contributed by atoms with Gasteiger partial charge in [-0.1, -0.05) is 36.4 Å². The van der Waals surface area contributed by atoms with Crippen LogP contribution in [0.3, 0.4) is 0 Å². The van der Waals surface area contributed by atoms with Crippen LogP contribution in [0, 0.1) is 6.92 Å². The first-order chi connectivity index (χ1) is 12.3. The third-order valence-corrected chi connectivity index (χ3v) is 4.57. The van der Waals surface area contributed by atoms with Crippen LogP contribution < -0.4 is 10.5 Å². The molecule has 0 aromatic heterocycles. The molecule has 0 spiro atoms. The number of carbonyl (C=O) groups excluding carboxylic acids is 1. The van der Waals surface area contributed by atoms with Crippen LogP contribution in [0.2, 0.25) is 0 Å². The van der Waals surface area contributed by atoms with Gasteiger partial charge in [0.15, 0.2) is 0 Å². The molecule has 27 heavy (non-hydrogen) atoms. The Hall–Kier alpha value is -2.09. The molecule has 0 fully saturated rings. The summed E-state index contributed by atoms with van der Waals surface area (Å²) in [4.78, 5) is 14.6. The van der Waals surface area contributed by atoms with Crippen molar-refractivity contribution in [2.45, 2.75) is 13.3 Å². The van der Waals surface area contributed by atoms with Gasteiger partial charge in [0.2, 0.25) is 10.0 Å². The van der Waals surface area contributed by atoms with Gasteiger partial charge in [-0.2, -0.15) is 0 Å². The number of hydrogen-bond acceptors (Lipinski definition) is 4. The maximum Gasteiger partial charge on any atom is 0.253 e. The molecule has 0 saturated heterocycles. The van der Waals surface area contributed by atoms with E-state index in [-0.39, 0.29) is 18.3 Å². The van der Waals surface area contributed by atoms with E-state index in [1.165, 1.54) is 0 Å². The maximum absolute atomic E-state index is 12.9. The van der Waals surface area contributed by atoms with Crippen LogP contribution in [0.5, 0.6) is 0 Å². The molecule has 0 saturated carbocycles. The van der Waals surface area contributed by atoms with Crippen molar-refractivity contribution in [3.8, 4) is 0 Å². The van der Waals surface area contributed by atoms with Crippen LogP contribution in [-0.2, 0) is 16.4 Å². The molecule has 3 N–H and O–H groups in total. The quantitative estimate of drug-likeness (QED) is 0.697. The second-order valence-corrected chi connectivity index (χ2v) is 7.97. The largest absolute Gasteiger partial charge is 0.337 e. The predicted molar refractivity (Wildman–Crippen MR) is 112 cm³/mol. The van der Waals surface area contributed by atoms with E-state index < -0.39 is 10.0 Å². The lowest BCUT2D eigenvalue weighted by Gasteiger charge is -2.23. The summed E-state index contributed by atoms with van der Waals surface area (Å²) in [5.74, 6) is -0.164. The van der Waals surface area contributed by atoms with Crippen molar-refractivity contribution < 1.29 is 13.2 Å². The lowest BCUT2D eigenvalue weighted by molar-refractivity contribution is 0.0762. The SMILES string of the molecule is Cc1ccc(C(=O)N(CCN)CCc2ccccc2)cc1NS(C)(=O)=O.Cl. The van der Waals surface area contributed by atoms with Crippen LogP contribution in [0.15, 0.2) is 48.5 Å². The summed E-state index contributed by atoms with van der Waals surface area (Å²) in [5, 5.41) is 0. The average molecular weight is 412 g/mol. The maximum atomic E-state index is 12.9. The van der Waals surface area contributed by atoms with E-state index in [0.717, 1.165) is 23.8 Å². The number of hydrogen-bond donors (Lipinski definition) is 2. The van der Waals surface area contributed by atoms with Gasteiger partial charge in [-0.05, 0) is 36.6 Å². The van der Waals surface area contributed by atoms with Gasteiger partial charge < -0.3 is 10.6 Å². The summed E-state index contributed by atoms with van der Waals surface area (Å²) in [6.07, 6.45) is 1.81. The van der Waals surface area contributed by atoms with Crippen molar-refractivity contribution >= 4 is 34.0 Å². The number of benzene rings is 2. The predicted octanol–water partition coefficient (Wildman–Crippen LogP) is 2.43. The summed E-state index contributed by atoms with van der Waals surface area (Å²) < 4.78 is 25.5. The molecule has 0 atom stereocenters. The van der Waals surface area contributed by atoms with E-state index in [0.29, 0.717) is 30.9 Å². The molecule has 0 unspecified atom stereocenters. The molecular formula is C19H26ClN3O3S. The van der Waals surface area contributed by atoms with Crippen LogP contribution in [0.25, 0.3) is 0 Å². The number of amides is 1. The summed E-state index contributed by atoms with van der Waals surface area (Å²) in [6.45, 7) is 3.13. The standard InChI is InChI=1S/C19H25N3O3S.ClH/c1-15-8-9-17(14-18(15)21-26(2,24)25)19(23)22(13-11-20)12-10-16-6-4-3-5-7-16;/h3-9,14,21H,10-13,20H2,1-2H3;1H. The molecule has 2 aromatic carbocycles. The van der Waals surface area contributed by atoms with E-state index in [9.17, 15) is 13.2 Å². The van der Waals surface area contributed by atoms with Gasteiger partial charge in [0.25, 0.3) is 5.91 Å². The van der Waals surface area contributed by atoms with Crippen molar-refractivity contribution in [1.82, 2.24) is 4.90 Å². The van der Waals surface area contributed by atoms with Gasteiger partial charge in [0.1, 0.15) is 0 Å². The molecule has 0 aliphatic carbocycles. The summed E-state index contributed by atoms with van der Waals surface area (Å²) in [7, 11) is -3.41. The molecule has 148 valence electrons. The van der Waals surface area contributed by atoms with Gasteiger partial charge in [-0.3, -0.25) is 9.52 Å². The minimum Gasteiger partial charge on any atom is -0.337 e. The highest BCUT2D eigenvalue weighted by molar-refractivity contribution is 7.92. The average Bonchev–Trinajstić information content (AvgIpc) is 2.59. The number of anilines is 1. The fourth-order valence-electron chi connectivity index (χ4n) is 2.63. The van der Waals surface area contributed by atoms with Crippen molar-refractivity contribution in [1.29, 1.82) is 0 Å². The van der Waals surface area contributed by atoms with Gasteiger partial charge in [0, 0.05) is 25.2 Å². The Balaban J connectivity index is 0.00000364. The summed E-state index contributed by atoms with van der Waals surface area (Å²) in [5.41, 5.74) is 8.41. The fraction of sp³-hybridized carbons (Fsp3) is 0.316. The zero-order valence-corrected chi connectivity index (χ0v) is 17.1. The molecule has 0 bridgehead atoms. The third-order valence-electron chi connectivity index (χ3n) is 3.98. The van der Waals surface area contributed by atoms with E-state index >= 15 is 0 Å². The number of nitrogens with zero attached hydrogens (tertiary/aromatic N) is 1. The zero-order valence-electron chi connectivity index (χ0n) is 15.5. The molecule has 0 radical (unpaired) electrons. The van der Waals surface area contributed by atoms with E-state index in [4.69, 9.17) is 5.73 Å². The molecule has 0 heterocycles. The normalized spacial score (nSPS) is 10.8. The first-order valence-corrected chi connectivity index (χ1v) is 10.3. The Morgan fingerprint density at radius 1 is 1.11 bits per heavy atom. The van der Waals surface area contributed by atoms with Crippen LogP contribution in [-0.4, -0.2) is 45.1 Å². The number of sulfonamides is 1. The molecule has 1 amide bonds. The van der Waals surface area contributed by atoms with Gasteiger partial charge >= 0.3 is 0 Å². The third kappa shape index (κ3) is 7.21. The Labute approximate surface area is 167 Å². The van der Waals surface area contributed by atoms with E-state index in [1.807, 2.05) is 30.3 Å². The van der Waals surface area contributed by atoms with Crippen LogP contribution in [0.4, 0.5) is 5.69 Å². The lowest BCUT2D eigenvalue weighted by Crippen LogP contribution is -2.37. The molecule has 0 aliphatic heterocycles. The van der Waals surface area contributed by atoms with Crippen molar-refractivity contribution in [3.05, 3.63) is 65.2 Å². The molecule has 8 heteroatoms. The highest BCUT2D eigenvalue weighted by Gasteiger charge is 2.17. The minimum absolute atomic E-state index is 0. The Kier molecular flexibility index (Phi) is 8.75. The second kappa shape index (κ2) is 10.3. The Bertz CT molecular complexity index is 858. The topological polar surface area (TPSA) is 92.5 Å². The molecule has 2 aromatic rings. The fourth-order valence-corrected chi connectivity index (χ4v) is 3.25. The number of carbonyl (C=O) groups is 1. The van der Waals surface area contributed by atoms with Gasteiger partial charge in [-0.15, -0.1) is 12.4 Å². The Morgan fingerprint density at radius 2 is 1.78 bits per heavy atom. The van der Waals surface area contributed by atoms with E-state index in [1.54, 1.807) is 30.0 Å². The first kappa shape index (κ1) is 23.0. The summed E-state index contributed by atoms with van der Waals surface area (Å²) >= 11 is 0. The number of rotatable bonds is 8. The van der Waals surface area contributed by atoms with Crippen molar-refractivity contribution in [2.75, 3.05) is 30.6 Å². The minimum atomic E-state index is -3.41. The lowest BCUT2D eigenvalue weighted by atomic mass is 10.1. The number of nitrogens with one attached hydrogen (secondary N) is 1. The molecular weight excluding hydrogens is 386 g/mol. The van der Waals surface area contributed by atoms with Gasteiger partial charge in [0.05, 0.1) is 11.9 Å². The van der Waals surface area contributed by atoms with Crippen molar-refractivity contribution in [3.63, 3.8) is 0 Å². The van der Waals surface area contributed by atoms with E-state index in [2.05, 4.69) is 4.72 Å². The van der Waals surface area contributed by atoms with Crippen LogP contribution in [0.1, 0.15) is 21.5 Å². The summed E-state index contributed by atoms with van der Waals surface area (Å²) in [6, 6.07) is 14.9. The number of aryl methyl sites for hydroxylation is 1. The second-order valence-electron chi connectivity index (χ2n) is 6.22.